The lowest BCUT2D eigenvalue weighted by molar-refractivity contribution is -0.137. The van der Waals surface area contributed by atoms with Gasteiger partial charge in [0.2, 0.25) is 0 Å². The van der Waals surface area contributed by atoms with Crippen LogP contribution in [0.2, 0.25) is 5.02 Å². The highest BCUT2D eigenvalue weighted by atomic mass is 35.5. The topological polar surface area (TPSA) is 52.3 Å². The van der Waals surface area contributed by atoms with Crippen LogP contribution in [0.3, 0.4) is 0 Å². The van der Waals surface area contributed by atoms with E-state index < -0.39 is 5.97 Å². The molecular formula is C21H18ClNO3. The Kier molecular flexibility index (Phi) is 5.54. The van der Waals surface area contributed by atoms with Crippen LogP contribution in [0.4, 0.5) is 0 Å². The highest BCUT2D eigenvalue weighted by molar-refractivity contribution is 6.30. The maximum Gasteiger partial charge on any atom is 0.339 e. The minimum atomic E-state index is -0.420. The molecule has 0 N–H and O–H groups in total. The van der Waals surface area contributed by atoms with Gasteiger partial charge < -0.3 is 9.26 Å². The smallest absolute Gasteiger partial charge is 0.339 e. The second-order valence-electron chi connectivity index (χ2n) is 5.85. The van der Waals surface area contributed by atoms with E-state index in [0.29, 0.717) is 16.4 Å². The molecule has 4 nitrogen and oxygen atoms in total. The van der Waals surface area contributed by atoms with Crippen LogP contribution in [0.1, 0.15) is 28.1 Å². The zero-order valence-corrected chi connectivity index (χ0v) is 15.3. The van der Waals surface area contributed by atoms with Gasteiger partial charge in [0, 0.05) is 5.02 Å². The molecule has 0 atom stereocenters. The Labute approximate surface area is 157 Å². The third kappa shape index (κ3) is 4.21. The number of halogens is 1. The summed E-state index contributed by atoms with van der Waals surface area (Å²) in [6.45, 7) is 3.72. The predicted octanol–water partition coefficient (Wildman–Crippen LogP) is 5.23. The Morgan fingerprint density at radius 3 is 2.42 bits per heavy atom. The van der Waals surface area contributed by atoms with Gasteiger partial charge in [0.15, 0.2) is 0 Å². The third-order valence-electron chi connectivity index (χ3n) is 4.01. The van der Waals surface area contributed by atoms with Crippen molar-refractivity contribution >= 4 is 29.2 Å². The number of carbonyl (C=O) groups excluding carboxylic acids is 1. The summed E-state index contributed by atoms with van der Waals surface area (Å²) >= 11 is 5.97. The van der Waals surface area contributed by atoms with Crippen molar-refractivity contribution in [2.45, 2.75) is 20.5 Å². The summed E-state index contributed by atoms with van der Waals surface area (Å²) in [4.78, 5) is 12.8. The average Bonchev–Trinajstić information content (AvgIpc) is 2.97. The molecule has 0 aliphatic heterocycles. The Morgan fingerprint density at radius 1 is 1.12 bits per heavy atom. The minimum Gasteiger partial charge on any atom is -0.457 e. The summed E-state index contributed by atoms with van der Waals surface area (Å²) in [5, 5.41) is 4.49. The molecule has 0 saturated heterocycles. The predicted molar refractivity (Wildman–Crippen MR) is 102 cm³/mol. The molecule has 0 aliphatic carbocycles. The van der Waals surface area contributed by atoms with Gasteiger partial charge in [0.05, 0.1) is 16.8 Å². The molecule has 0 radical (unpaired) electrons. The number of aromatic nitrogens is 1. The maximum absolute atomic E-state index is 12.8. The molecule has 0 saturated carbocycles. The summed E-state index contributed by atoms with van der Waals surface area (Å²) in [6.07, 6.45) is 1.80. The molecule has 3 aromatic rings. The lowest BCUT2D eigenvalue weighted by atomic mass is 10.0. The van der Waals surface area contributed by atoms with E-state index in [1.165, 1.54) is 0 Å². The van der Waals surface area contributed by atoms with Crippen LogP contribution in [0, 0.1) is 13.8 Å². The van der Waals surface area contributed by atoms with Crippen molar-refractivity contribution < 1.29 is 14.1 Å². The zero-order valence-electron chi connectivity index (χ0n) is 14.5. The molecule has 26 heavy (non-hydrogen) atoms. The highest BCUT2D eigenvalue weighted by Gasteiger charge is 2.17. The normalized spacial score (nSPS) is 11.4. The van der Waals surface area contributed by atoms with E-state index in [0.717, 1.165) is 22.4 Å². The van der Waals surface area contributed by atoms with Gasteiger partial charge in [-0.15, -0.1) is 0 Å². The van der Waals surface area contributed by atoms with Crippen molar-refractivity contribution in [3.05, 3.63) is 87.8 Å². The number of ether oxygens (including phenoxy) is 1. The molecule has 0 aliphatic rings. The van der Waals surface area contributed by atoms with Gasteiger partial charge >= 0.3 is 5.97 Å². The largest absolute Gasteiger partial charge is 0.457 e. The standard InChI is InChI=1S/C21H18ClNO3/c1-14-20(15(2)26-23-14)13-25-21(24)19(12-16-6-4-3-5-7-16)17-8-10-18(22)11-9-17/h3-12H,13H2,1-2H3/b19-12+. The number of hydrogen-bond donors (Lipinski definition) is 0. The number of rotatable bonds is 5. The molecule has 5 heteroatoms. The van der Waals surface area contributed by atoms with E-state index in [1.807, 2.05) is 37.3 Å². The fourth-order valence-corrected chi connectivity index (χ4v) is 2.65. The SMILES string of the molecule is Cc1noc(C)c1COC(=O)/C(=C/c1ccccc1)c1ccc(Cl)cc1. The van der Waals surface area contributed by atoms with Crippen LogP contribution < -0.4 is 0 Å². The molecule has 0 unspecified atom stereocenters. The Hall–Kier alpha value is -2.85. The Bertz CT molecular complexity index is 908. The first kappa shape index (κ1) is 18.0. The van der Waals surface area contributed by atoms with Crippen molar-refractivity contribution in [2.75, 3.05) is 0 Å². The molecule has 0 bridgehead atoms. The van der Waals surface area contributed by atoms with Crippen molar-refractivity contribution in [3.63, 3.8) is 0 Å². The molecular weight excluding hydrogens is 350 g/mol. The van der Waals surface area contributed by atoms with Gasteiger partial charge in [0.25, 0.3) is 0 Å². The van der Waals surface area contributed by atoms with E-state index >= 15 is 0 Å². The van der Waals surface area contributed by atoms with Gasteiger partial charge in [-0.1, -0.05) is 59.2 Å². The average molecular weight is 368 g/mol. The first-order chi connectivity index (χ1) is 12.5. The van der Waals surface area contributed by atoms with E-state index in [4.69, 9.17) is 20.9 Å². The fourth-order valence-electron chi connectivity index (χ4n) is 2.53. The summed E-state index contributed by atoms with van der Waals surface area (Å²) in [5.74, 6) is 0.228. The number of aryl methyl sites for hydroxylation is 2. The number of nitrogens with zero attached hydrogens (tertiary/aromatic N) is 1. The number of esters is 1. The van der Waals surface area contributed by atoms with E-state index in [9.17, 15) is 4.79 Å². The molecule has 1 aromatic heterocycles. The summed E-state index contributed by atoms with van der Waals surface area (Å²) in [5.41, 5.74) is 3.61. The molecule has 1 heterocycles. The Morgan fingerprint density at radius 2 is 1.81 bits per heavy atom. The zero-order chi connectivity index (χ0) is 18.5. The summed E-state index contributed by atoms with van der Waals surface area (Å²) in [6, 6.07) is 16.7. The van der Waals surface area contributed by atoms with Gasteiger partial charge in [0.1, 0.15) is 12.4 Å². The Balaban J connectivity index is 1.88. The van der Waals surface area contributed by atoms with Crippen LogP contribution >= 0.6 is 11.6 Å². The second kappa shape index (κ2) is 8.02. The van der Waals surface area contributed by atoms with Gasteiger partial charge in [-0.05, 0) is 43.2 Å². The summed E-state index contributed by atoms with van der Waals surface area (Å²) < 4.78 is 10.6. The lowest BCUT2D eigenvalue weighted by Gasteiger charge is -2.09. The molecule has 0 fully saturated rings. The molecule has 132 valence electrons. The minimum absolute atomic E-state index is 0.111. The molecule has 3 rings (SSSR count). The van der Waals surface area contributed by atoms with Gasteiger partial charge in [-0.2, -0.15) is 0 Å². The number of benzene rings is 2. The molecule has 0 amide bonds. The van der Waals surface area contributed by atoms with Gasteiger partial charge in [-0.3, -0.25) is 0 Å². The first-order valence-electron chi connectivity index (χ1n) is 8.16. The molecule has 2 aromatic carbocycles. The quantitative estimate of drug-likeness (QED) is 0.352. The highest BCUT2D eigenvalue weighted by Crippen LogP contribution is 2.23. The van der Waals surface area contributed by atoms with Crippen molar-refractivity contribution in [2.24, 2.45) is 0 Å². The third-order valence-corrected chi connectivity index (χ3v) is 4.27. The van der Waals surface area contributed by atoms with Crippen molar-refractivity contribution in [1.29, 1.82) is 0 Å². The van der Waals surface area contributed by atoms with Crippen LogP contribution in [0.25, 0.3) is 11.6 Å². The van der Waals surface area contributed by atoms with E-state index in [1.54, 1.807) is 37.3 Å². The van der Waals surface area contributed by atoms with Crippen molar-refractivity contribution in [3.8, 4) is 0 Å². The second-order valence-corrected chi connectivity index (χ2v) is 6.29. The van der Waals surface area contributed by atoms with Crippen LogP contribution in [-0.4, -0.2) is 11.1 Å². The van der Waals surface area contributed by atoms with Crippen molar-refractivity contribution in [1.82, 2.24) is 5.16 Å². The van der Waals surface area contributed by atoms with Crippen LogP contribution in [0.5, 0.6) is 0 Å². The van der Waals surface area contributed by atoms with Crippen LogP contribution in [-0.2, 0) is 16.1 Å². The number of carbonyl (C=O) groups is 1. The maximum atomic E-state index is 12.8. The monoisotopic (exact) mass is 367 g/mol. The number of hydrogen-bond acceptors (Lipinski definition) is 4. The van der Waals surface area contributed by atoms with E-state index in [2.05, 4.69) is 5.16 Å². The first-order valence-corrected chi connectivity index (χ1v) is 8.54. The molecule has 0 spiro atoms. The lowest BCUT2D eigenvalue weighted by Crippen LogP contribution is -2.08. The van der Waals surface area contributed by atoms with Gasteiger partial charge in [-0.25, -0.2) is 4.79 Å². The van der Waals surface area contributed by atoms with Crippen LogP contribution in [0.15, 0.2) is 59.1 Å². The fraction of sp³-hybridized carbons (Fsp3) is 0.143. The van der Waals surface area contributed by atoms with E-state index in [-0.39, 0.29) is 6.61 Å². The summed E-state index contributed by atoms with van der Waals surface area (Å²) in [7, 11) is 0.